The third-order valence-corrected chi connectivity index (χ3v) is 4.46. The van der Waals surface area contributed by atoms with Crippen molar-refractivity contribution in [2.75, 3.05) is 37.8 Å². The number of anilines is 1. The van der Waals surface area contributed by atoms with Crippen molar-refractivity contribution in [1.29, 1.82) is 0 Å². The topological polar surface area (TPSA) is 61.8 Å². The Kier molecular flexibility index (Phi) is 6.73. The molecule has 0 aromatic heterocycles. The molecule has 1 aliphatic heterocycles. The molecule has 5 nitrogen and oxygen atoms in total. The molecule has 7 heteroatoms. The quantitative estimate of drug-likeness (QED) is 0.747. The second-order valence-electron chi connectivity index (χ2n) is 6.47. The molecule has 0 radical (unpaired) electrons. The Labute approximate surface area is 162 Å². The molecule has 0 aliphatic carbocycles. The molecule has 1 fully saturated rings. The van der Waals surface area contributed by atoms with Crippen LogP contribution in [0.25, 0.3) is 6.08 Å². The summed E-state index contributed by atoms with van der Waals surface area (Å²) in [6.07, 6.45) is 2.50. The molecule has 1 unspecified atom stereocenters. The Bertz CT molecular complexity index is 831. The number of morpholine rings is 1. The van der Waals surface area contributed by atoms with Crippen LogP contribution in [0.4, 0.5) is 14.5 Å². The molecular weight excluding hydrogens is 366 g/mol. The zero-order valence-electron chi connectivity index (χ0n) is 15.3. The van der Waals surface area contributed by atoms with E-state index in [9.17, 15) is 18.7 Å². The standard InChI is InChI=1S/C21H22F2N2O3/c22-17-10-15(11-18(23)13-17)4-5-21(27)24-20(14-26)16-2-1-3-19(12-16)25-6-8-28-9-7-25/h1-5,10-13,20,26H,6-9,14H2,(H,24,27)/b5-4+. The fourth-order valence-electron chi connectivity index (χ4n) is 3.06. The van der Waals surface area contributed by atoms with Crippen LogP contribution in [0.1, 0.15) is 17.2 Å². The van der Waals surface area contributed by atoms with Gasteiger partial charge in [0.25, 0.3) is 0 Å². The molecule has 0 bridgehead atoms. The first-order chi connectivity index (χ1) is 13.5. The molecule has 2 aromatic carbocycles. The lowest BCUT2D eigenvalue weighted by Crippen LogP contribution is -2.36. The maximum atomic E-state index is 13.2. The molecule has 2 aromatic rings. The van der Waals surface area contributed by atoms with Crippen LogP contribution in [0.2, 0.25) is 0 Å². The predicted octanol–water partition coefficient (Wildman–Crippen LogP) is 2.66. The van der Waals surface area contributed by atoms with Gasteiger partial charge in [0, 0.05) is 30.9 Å². The number of ether oxygens (including phenoxy) is 1. The van der Waals surface area contributed by atoms with Crippen LogP contribution in [0.3, 0.4) is 0 Å². The number of hydrogen-bond acceptors (Lipinski definition) is 4. The third kappa shape index (κ3) is 5.37. The zero-order valence-corrected chi connectivity index (χ0v) is 15.3. The summed E-state index contributed by atoms with van der Waals surface area (Å²) in [7, 11) is 0. The van der Waals surface area contributed by atoms with Gasteiger partial charge in [0.05, 0.1) is 25.9 Å². The minimum absolute atomic E-state index is 0.238. The molecule has 1 saturated heterocycles. The van der Waals surface area contributed by atoms with Gasteiger partial charge in [0.15, 0.2) is 0 Å². The molecule has 1 amide bonds. The van der Waals surface area contributed by atoms with Crippen molar-refractivity contribution in [3.05, 3.63) is 71.3 Å². The van der Waals surface area contributed by atoms with Crippen LogP contribution in [0.15, 0.2) is 48.5 Å². The molecule has 3 rings (SSSR count). The summed E-state index contributed by atoms with van der Waals surface area (Å²) in [5.41, 5.74) is 2.01. The van der Waals surface area contributed by atoms with E-state index in [0.717, 1.165) is 42.5 Å². The van der Waals surface area contributed by atoms with E-state index in [4.69, 9.17) is 4.74 Å². The largest absolute Gasteiger partial charge is 0.394 e. The van der Waals surface area contributed by atoms with E-state index in [1.54, 1.807) is 0 Å². The number of hydrogen-bond donors (Lipinski definition) is 2. The van der Waals surface area contributed by atoms with Crippen molar-refractivity contribution < 1.29 is 23.4 Å². The monoisotopic (exact) mass is 388 g/mol. The summed E-state index contributed by atoms with van der Waals surface area (Å²) < 4.78 is 31.8. The van der Waals surface area contributed by atoms with Crippen LogP contribution in [0, 0.1) is 11.6 Å². The van der Waals surface area contributed by atoms with E-state index in [-0.39, 0.29) is 12.2 Å². The first-order valence-electron chi connectivity index (χ1n) is 9.03. The molecule has 0 saturated carbocycles. The fourth-order valence-corrected chi connectivity index (χ4v) is 3.06. The molecule has 1 heterocycles. The molecule has 1 atom stereocenters. The highest BCUT2D eigenvalue weighted by Gasteiger charge is 2.16. The Morgan fingerprint density at radius 2 is 1.89 bits per heavy atom. The Morgan fingerprint density at radius 1 is 1.18 bits per heavy atom. The zero-order chi connectivity index (χ0) is 19.9. The number of carbonyl (C=O) groups excluding carboxylic acids is 1. The van der Waals surface area contributed by atoms with E-state index in [0.29, 0.717) is 13.2 Å². The number of rotatable bonds is 6. The number of nitrogens with one attached hydrogen (secondary N) is 1. The maximum Gasteiger partial charge on any atom is 0.244 e. The molecule has 28 heavy (non-hydrogen) atoms. The van der Waals surface area contributed by atoms with Gasteiger partial charge in [-0.15, -0.1) is 0 Å². The minimum atomic E-state index is -0.715. The maximum absolute atomic E-state index is 13.2. The summed E-state index contributed by atoms with van der Waals surface area (Å²) in [5, 5.41) is 12.4. The van der Waals surface area contributed by atoms with Crippen molar-refractivity contribution in [2.45, 2.75) is 6.04 Å². The van der Waals surface area contributed by atoms with E-state index >= 15 is 0 Å². The molecule has 148 valence electrons. The highest BCUT2D eigenvalue weighted by Crippen LogP contribution is 2.22. The van der Waals surface area contributed by atoms with E-state index in [1.807, 2.05) is 24.3 Å². The van der Waals surface area contributed by atoms with Crippen LogP contribution in [0.5, 0.6) is 0 Å². The average molecular weight is 388 g/mol. The fraction of sp³-hybridized carbons (Fsp3) is 0.286. The number of nitrogens with zero attached hydrogens (tertiary/aromatic N) is 1. The lowest BCUT2D eigenvalue weighted by molar-refractivity contribution is -0.117. The van der Waals surface area contributed by atoms with Gasteiger partial charge < -0.3 is 20.1 Å². The second-order valence-corrected chi connectivity index (χ2v) is 6.47. The first kappa shape index (κ1) is 20.0. The predicted molar refractivity (Wildman–Crippen MR) is 103 cm³/mol. The molecule has 0 spiro atoms. The van der Waals surface area contributed by atoms with Gasteiger partial charge in [0.2, 0.25) is 5.91 Å². The smallest absolute Gasteiger partial charge is 0.244 e. The van der Waals surface area contributed by atoms with E-state index < -0.39 is 23.6 Å². The Morgan fingerprint density at radius 3 is 2.57 bits per heavy atom. The highest BCUT2D eigenvalue weighted by molar-refractivity contribution is 5.92. The van der Waals surface area contributed by atoms with Gasteiger partial charge in [-0.25, -0.2) is 8.78 Å². The van der Waals surface area contributed by atoms with Gasteiger partial charge in [-0.2, -0.15) is 0 Å². The Hall–Kier alpha value is -2.77. The summed E-state index contributed by atoms with van der Waals surface area (Å²) >= 11 is 0. The van der Waals surface area contributed by atoms with E-state index in [2.05, 4.69) is 10.2 Å². The van der Waals surface area contributed by atoms with Crippen molar-refractivity contribution in [2.24, 2.45) is 0 Å². The van der Waals surface area contributed by atoms with Gasteiger partial charge in [-0.05, 0) is 41.5 Å². The number of aliphatic hydroxyl groups excluding tert-OH is 1. The average Bonchev–Trinajstić information content (AvgIpc) is 2.70. The SMILES string of the molecule is O=C(/C=C/c1cc(F)cc(F)c1)NC(CO)c1cccc(N2CCOCC2)c1. The summed E-state index contributed by atoms with van der Waals surface area (Å²) in [4.78, 5) is 14.4. The number of aliphatic hydroxyl groups is 1. The van der Waals surface area contributed by atoms with Crippen LogP contribution < -0.4 is 10.2 Å². The Balaban J connectivity index is 1.67. The number of amides is 1. The summed E-state index contributed by atoms with van der Waals surface area (Å²) in [6.45, 7) is 2.62. The highest BCUT2D eigenvalue weighted by atomic mass is 19.1. The van der Waals surface area contributed by atoms with Crippen molar-refractivity contribution in [1.82, 2.24) is 5.32 Å². The number of carbonyl (C=O) groups is 1. The number of halogens is 2. The lowest BCUT2D eigenvalue weighted by Gasteiger charge is -2.29. The molecule has 2 N–H and O–H groups in total. The minimum Gasteiger partial charge on any atom is -0.394 e. The van der Waals surface area contributed by atoms with Crippen molar-refractivity contribution in [3.63, 3.8) is 0 Å². The third-order valence-electron chi connectivity index (χ3n) is 4.46. The van der Waals surface area contributed by atoms with Crippen LogP contribution in [-0.2, 0) is 9.53 Å². The van der Waals surface area contributed by atoms with Gasteiger partial charge in [-0.3, -0.25) is 4.79 Å². The van der Waals surface area contributed by atoms with Gasteiger partial charge >= 0.3 is 0 Å². The van der Waals surface area contributed by atoms with Crippen molar-refractivity contribution in [3.8, 4) is 0 Å². The van der Waals surface area contributed by atoms with Crippen molar-refractivity contribution >= 4 is 17.7 Å². The van der Waals surface area contributed by atoms with E-state index in [1.165, 1.54) is 12.2 Å². The molecule has 1 aliphatic rings. The van der Waals surface area contributed by atoms with Crippen LogP contribution >= 0.6 is 0 Å². The van der Waals surface area contributed by atoms with Crippen LogP contribution in [-0.4, -0.2) is 43.9 Å². The van der Waals surface area contributed by atoms with Gasteiger partial charge in [0.1, 0.15) is 11.6 Å². The summed E-state index contributed by atoms with van der Waals surface area (Å²) in [6, 6.07) is 10.0. The molecular formula is C21H22F2N2O3. The lowest BCUT2D eigenvalue weighted by atomic mass is 10.1. The first-order valence-corrected chi connectivity index (χ1v) is 9.03. The van der Waals surface area contributed by atoms with Gasteiger partial charge in [-0.1, -0.05) is 12.1 Å². The second kappa shape index (κ2) is 9.43. The summed E-state index contributed by atoms with van der Waals surface area (Å²) in [5.74, 6) is -1.90. The normalized spacial score (nSPS) is 15.6. The number of benzene rings is 2.